The molecule has 0 aliphatic carbocycles. The number of carbonyl (C=O) groups excluding carboxylic acids is 1. The topological polar surface area (TPSA) is 108 Å². The molecule has 3 unspecified atom stereocenters. The Hall–Kier alpha value is -1.02. The van der Waals surface area contributed by atoms with Crippen LogP contribution in [0.4, 0.5) is 0 Å². The molecule has 0 aromatic rings. The average molecular weight is 519 g/mol. The second-order valence-corrected chi connectivity index (χ2v) is 11.4. The van der Waals surface area contributed by atoms with Crippen LogP contribution in [0.2, 0.25) is 0 Å². The van der Waals surface area contributed by atoms with Gasteiger partial charge in [0.1, 0.15) is 13.2 Å². The van der Waals surface area contributed by atoms with Crippen LogP contribution in [0.15, 0.2) is 24.3 Å². The van der Waals surface area contributed by atoms with Crippen LogP contribution in [-0.4, -0.2) is 68.5 Å². The van der Waals surface area contributed by atoms with Crippen LogP contribution in [0.5, 0.6) is 0 Å². The maximum absolute atomic E-state index is 12.4. The average Bonchev–Trinajstić information content (AvgIpc) is 2.77. The molecule has 0 aliphatic heterocycles. The third-order valence-electron chi connectivity index (χ3n) is 5.40. The molecule has 35 heavy (non-hydrogen) atoms. The number of amides is 1. The predicted molar refractivity (Wildman–Crippen MR) is 141 cm³/mol. The number of hydrogen-bond acceptors (Lipinski definition) is 6. The molecule has 0 aromatic carbocycles. The van der Waals surface area contributed by atoms with Gasteiger partial charge in [-0.3, -0.25) is 9.36 Å². The third kappa shape index (κ3) is 21.9. The minimum Gasteiger partial charge on any atom is -0.756 e. The molecular formula is C26H51N2O6P. The second kappa shape index (κ2) is 20.1. The highest BCUT2D eigenvalue weighted by Crippen LogP contribution is 2.38. The van der Waals surface area contributed by atoms with Crippen LogP contribution in [-0.2, 0) is 18.4 Å². The van der Waals surface area contributed by atoms with Crippen LogP contribution in [0.25, 0.3) is 0 Å². The molecule has 0 aliphatic rings. The number of likely N-dealkylation sites (N-methyl/N-ethyl adjacent to an activating group) is 1. The summed E-state index contributed by atoms with van der Waals surface area (Å²) in [5, 5.41) is 13.4. The Morgan fingerprint density at radius 2 is 1.60 bits per heavy atom. The Bertz CT molecular complexity index is 648. The Morgan fingerprint density at radius 3 is 2.26 bits per heavy atom. The zero-order valence-electron chi connectivity index (χ0n) is 22.7. The van der Waals surface area contributed by atoms with Gasteiger partial charge in [-0.25, -0.2) is 0 Å². The first-order valence-electron chi connectivity index (χ1n) is 13.2. The molecule has 0 fully saturated rings. The number of phosphoric acid groups is 1. The lowest BCUT2D eigenvalue weighted by molar-refractivity contribution is -0.870. The SMILES string of the molecule is CCC/C=C/CC/C=C/C(O)C(COP(=O)([O-])OCC[N+](C)(C)C)NC(=O)CCCCCCCC. The van der Waals surface area contributed by atoms with Crippen molar-refractivity contribution in [2.45, 2.75) is 96.6 Å². The fourth-order valence-electron chi connectivity index (χ4n) is 3.17. The molecule has 0 rings (SSSR count). The van der Waals surface area contributed by atoms with Crippen molar-refractivity contribution >= 4 is 13.7 Å². The van der Waals surface area contributed by atoms with Gasteiger partial charge in [0.2, 0.25) is 5.91 Å². The molecule has 8 nitrogen and oxygen atoms in total. The highest BCUT2D eigenvalue weighted by molar-refractivity contribution is 7.45. The standard InChI is InChI=1S/C26H51N2O6P/c1-6-8-10-12-14-15-17-19-25(29)24(27-26(30)20-18-16-13-11-9-7-2)23-34-35(31,32)33-22-21-28(3,4)5/h10,12,17,19,24-25,29H,6-9,11,13-16,18,20-23H2,1-5H3,(H-,27,30,31,32)/b12-10+,19-17+. The Labute approximate surface area is 214 Å². The number of quaternary nitrogens is 1. The summed E-state index contributed by atoms with van der Waals surface area (Å²) in [5.74, 6) is -0.226. The first kappa shape index (κ1) is 34.0. The summed E-state index contributed by atoms with van der Waals surface area (Å²) in [5.41, 5.74) is 0. The lowest BCUT2D eigenvalue weighted by Gasteiger charge is -2.29. The van der Waals surface area contributed by atoms with Gasteiger partial charge in [-0.05, 0) is 25.7 Å². The molecule has 0 aromatic heterocycles. The molecule has 2 N–H and O–H groups in total. The summed E-state index contributed by atoms with van der Waals surface area (Å²) >= 11 is 0. The number of aliphatic hydroxyl groups is 1. The molecule has 9 heteroatoms. The quantitative estimate of drug-likeness (QED) is 0.0947. The maximum atomic E-state index is 12.4. The van der Waals surface area contributed by atoms with Crippen molar-refractivity contribution in [2.24, 2.45) is 0 Å². The highest BCUT2D eigenvalue weighted by Gasteiger charge is 2.23. The number of phosphoric ester groups is 1. The summed E-state index contributed by atoms with van der Waals surface area (Å²) in [6.45, 7) is 4.38. The van der Waals surface area contributed by atoms with Gasteiger partial charge in [0.25, 0.3) is 7.82 Å². The molecular weight excluding hydrogens is 467 g/mol. The molecule has 0 spiro atoms. The van der Waals surface area contributed by atoms with Gasteiger partial charge < -0.3 is 28.8 Å². The fraction of sp³-hybridized carbons (Fsp3) is 0.808. The number of unbranched alkanes of at least 4 members (excludes halogenated alkanes) is 7. The van der Waals surface area contributed by atoms with Crippen LogP contribution in [0.3, 0.4) is 0 Å². The minimum atomic E-state index is -4.56. The van der Waals surface area contributed by atoms with E-state index in [1.807, 2.05) is 27.2 Å². The zero-order valence-corrected chi connectivity index (χ0v) is 23.6. The van der Waals surface area contributed by atoms with Gasteiger partial charge in [-0.2, -0.15) is 0 Å². The second-order valence-electron chi connectivity index (χ2n) is 10.0. The maximum Gasteiger partial charge on any atom is 0.268 e. The molecule has 0 saturated carbocycles. The summed E-state index contributed by atoms with van der Waals surface area (Å²) in [6.07, 6.45) is 17.0. The number of rotatable bonds is 22. The number of hydrogen-bond donors (Lipinski definition) is 2. The van der Waals surface area contributed by atoms with E-state index in [1.165, 1.54) is 19.3 Å². The largest absolute Gasteiger partial charge is 0.756 e. The van der Waals surface area contributed by atoms with Crippen molar-refractivity contribution in [3.63, 3.8) is 0 Å². The van der Waals surface area contributed by atoms with Crippen molar-refractivity contribution in [3.8, 4) is 0 Å². The Balaban J connectivity index is 4.82. The van der Waals surface area contributed by atoms with Crippen LogP contribution >= 0.6 is 7.82 Å². The number of nitrogens with zero attached hydrogens (tertiary/aromatic N) is 1. The highest BCUT2D eigenvalue weighted by atomic mass is 31.2. The predicted octanol–water partition coefficient (Wildman–Crippen LogP) is 4.48. The van der Waals surface area contributed by atoms with Gasteiger partial charge in [-0.15, -0.1) is 0 Å². The van der Waals surface area contributed by atoms with Gasteiger partial charge >= 0.3 is 0 Å². The third-order valence-corrected chi connectivity index (χ3v) is 6.36. The van der Waals surface area contributed by atoms with Crippen molar-refractivity contribution < 1.29 is 32.9 Å². The number of carbonyl (C=O) groups is 1. The van der Waals surface area contributed by atoms with E-state index in [-0.39, 0.29) is 12.5 Å². The first-order chi connectivity index (χ1) is 16.5. The molecule has 0 heterocycles. The van der Waals surface area contributed by atoms with Gasteiger partial charge in [0.05, 0.1) is 39.9 Å². The number of allylic oxidation sites excluding steroid dienone is 3. The van der Waals surface area contributed by atoms with Crippen LogP contribution in [0.1, 0.15) is 84.5 Å². The lowest BCUT2D eigenvalue weighted by atomic mass is 10.1. The summed E-state index contributed by atoms with van der Waals surface area (Å²) in [4.78, 5) is 24.6. The van der Waals surface area contributed by atoms with Gasteiger partial charge in [0.15, 0.2) is 0 Å². The van der Waals surface area contributed by atoms with E-state index in [0.717, 1.165) is 44.9 Å². The van der Waals surface area contributed by atoms with E-state index in [2.05, 4.69) is 31.3 Å². The Morgan fingerprint density at radius 1 is 0.971 bits per heavy atom. The number of nitrogens with one attached hydrogen (secondary N) is 1. The van der Waals surface area contributed by atoms with Crippen molar-refractivity contribution in [3.05, 3.63) is 24.3 Å². The first-order valence-corrected chi connectivity index (χ1v) is 14.7. The van der Waals surface area contributed by atoms with E-state index < -0.39 is 26.6 Å². The van der Waals surface area contributed by atoms with E-state index >= 15 is 0 Å². The summed E-state index contributed by atoms with van der Waals surface area (Å²) in [7, 11) is 1.23. The van der Waals surface area contributed by atoms with E-state index in [1.54, 1.807) is 6.08 Å². The molecule has 0 saturated heterocycles. The van der Waals surface area contributed by atoms with Crippen molar-refractivity contribution in [2.75, 3.05) is 40.9 Å². The van der Waals surface area contributed by atoms with E-state index in [0.29, 0.717) is 17.4 Å². The fourth-order valence-corrected chi connectivity index (χ4v) is 3.89. The Kier molecular flexibility index (Phi) is 19.5. The van der Waals surface area contributed by atoms with Crippen molar-refractivity contribution in [1.82, 2.24) is 5.32 Å². The zero-order chi connectivity index (χ0) is 26.6. The van der Waals surface area contributed by atoms with Crippen molar-refractivity contribution in [1.29, 1.82) is 0 Å². The molecule has 0 radical (unpaired) electrons. The van der Waals surface area contributed by atoms with E-state index in [9.17, 15) is 19.4 Å². The summed E-state index contributed by atoms with van der Waals surface area (Å²) < 4.78 is 22.7. The lowest BCUT2D eigenvalue weighted by Crippen LogP contribution is -2.45. The van der Waals surface area contributed by atoms with Crippen LogP contribution < -0.4 is 10.2 Å². The summed E-state index contributed by atoms with van der Waals surface area (Å²) in [6, 6.07) is -0.890. The normalized spacial score (nSPS) is 16.0. The van der Waals surface area contributed by atoms with Crippen LogP contribution in [0, 0.1) is 0 Å². The smallest absolute Gasteiger partial charge is 0.268 e. The van der Waals surface area contributed by atoms with Gasteiger partial charge in [0, 0.05) is 6.42 Å². The molecule has 0 bridgehead atoms. The molecule has 3 atom stereocenters. The molecule has 1 amide bonds. The minimum absolute atomic E-state index is 0.00661. The monoisotopic (exact) mass is 518 g/mol. The van der Waals surface area contributed by atoms with E-state index in [4.69, 9.17) is 9.05 Å². The van der Waals surface area contributed by atoms with Gasteiger partial charge in [-0.1, -0.05) is 76.7 Å². The molecule has 206 valence electrons. The number of aliphatic hydroxyl groups excluding tert-OH is 1.